The van der Waals surface area contributed by atoms with E-state index < -0.39 is 0 Å². The van der Waals surface area contributed by atoms with Gasteiger partial charge in [0.2, 0.25) is 0 Å². The van der Waals surface area contributed by atoms with E-state index in [-0.39, 0.29) is 0 Å². The number of hydrogen-bond acceptors (Lipinski definition) is 4. The molecule has 2 rings (SSSR count). The van der Waals surface area contributed by atoms with Crippen LogP contribution in [0.3, 0.4) is 0 Å². The fraction of sp³-hybridized carbons (Fsp3) is 0.750. The molecule has 1 atom stereocenters. The molecule has 5 nitrogen and oxygen atoms in total. The highest BCUT2D eigenvalue weighted by molar-refractivity contribution is 5.19. The Kier molecular flexibility index (Phi) is 2.44. The van der Waals surface area contributed by atoms with Gasteiger partial charge in [-0.2, -0.15) is 9.90 Å². The highest BCUT2D eigenvalue weighted by Crippen LogP contribution is 2.14. The Labute approximate surface area is 76.9 Å². The van der Waals surface area contributed by atoms with Crippen molar-refractivity contribution < 1.29 is 4.74 Å². The molecule has 2 N–H and O–H groups in total. The number of aromatic nitrogens is 3. The minimum absolute atomic E-state index is 0.483. The predicted octanol–water partition coefficient (Wildman–Crippen LogP) is 0.287. The molecule has 0 saturated carbocycles. The monoisotopic (exact) mass is 182 g/mol. The van der Waals surface area contributed by atoms with E-state index in [9.17, 15) is 0 Å². The molecule has 0 aromatic carbocycles. The van der Waals surface area contributed by atoms with E-state index in [0.717, 1.165) is 26.2 Å². The summed E-state index contributed by atoms with van der Waals surface area (Å²) in [4.78, 5) is 1.65. The number of rotatable bonds is 2. The highest BCUT2D eigenvalue weighted by Gasteiger charge is 2.15. The van der Waals surface area contributed by atoms with Crippen LogP contribution >= 0.6 is 0 Å². The maximum atomic E-state index is 5.46. The number of nitrogens with zero attached hydrogens (tertiary/aromatic N) is 3. The van der Waals surface area contributed by atoms with Gasteiger partial charge in [-0.1, -0.05) is 0 Å². The molecule has 2 heterocycles. The Morgan fingerprint density at radius 1 is 1.69 bits per heavy atom. The molecule has 1 aromatic rings. The first-order chi connectivity index (χ1) is 6.34. The first-order valence-electron chi connectivity index (χ1n) is 4.58. The van der Waals surface area contributed by atoms with Crippen molar-refractivity contribution in [1.29, 1.82) is 0 Å². The third-order valence-corrected chi connectivity index (χ3v) is 2.23. The zero-order chi connectivity index (χ0) is 9.10. The van der Waals surface area contributed by atoms with Gasteiger partial charge in [-0.25, -0.2) is 0 Å². The lowest BCUT2D eigenvalue weighted by atomic mass is 10.0. The molecular formula is C8H14N4O. The average Bonchev–Trinajstić information content (AvgIpc) is 2.53. The summed E-state index contributed by atoms with van der Waals surface area (Å²) in [6, 6.07) is 0. The van der Waals surface area contributed by atoms with Crippen LogP contribution in [0.15, 0.2) is 6.20 Å². The van der Waals surface area contributed by atoms with Crippen molar-refractivity contribution in [2.24, 2.45) is 5.92 Å². The van der Waals surface area contributed by atoms with E-state index in [1.165, 1.54) is 6.42 Å². The lowest BCUT2D eigenvalue weighted by molar-refractivity contribution is 0.0453. The number of anilines is 1. The van der Waals surface area contributed by atoms with Crippen molar-refractivity contribution in [3.63, 3.8) is 0 Å². The summed E-state index contributed by atoms with van der Waals surface area (Å²) in [5.41, 5.74) is 5.46. The zero-order valence-corrected chi connectivity index (χ0v) is 7.52. The van der Waals surface area contributed by atoms with Crippen LogP contribution in [-0.4, -0.2) is 28.2 Å². The number of nitrogen functional groups attached to an aromatic ring is 1. The second-order valence-electron chi connectivity index (χ2n) is 3.41. The maximum absolute atomic E-state index is 5.46. The molecule has 13 heavy (non-hydrogen) atoms. The van der Waals surface area contributed by atoms with E-state index in [0.29, 0.717) is 11.7 Å². The molecule has 0 radical (unpaired) electrons. The van der Waals surface area contributed by atoms with Gasteiger partial charge in [-0.05, 0) is 12.8 Å². The molecule has 5 heteroatoms. The molecule has 72 valence electrons. The number of nitrogens with two attached hydrogens (primary N) is 1. The third kappa shape index (κ3) is 2.18. The van der Waals surface area contributed by atoms with Gasteiger partial charge in [0.05, 0.1) is 19.3 Å². The van der Waals surface area contributed by atoms with Crippen LogP contribution in [0.5, 0.6) is 0 Å². The van der Waals surface area contributed by atoms with E-state index in [1.807, 2.05) is 0 Å². The van der Waals surface area contributed by atoms with Crippen molar-refractivity contribution >= 4 is 5.82 Å². The van der Waals surface area contributed by atoms with Gasteiger partial charge in [0.1, 0.15) is 0 Å². The first kappa shape index (κ1) is 8.50. The zero-order valence-electron chi connectivity index (χ0n) is 7.52. The Bertz CT molecular complexity index is 267. The fourth-order valence-electron chi connectivity index (χ4n) is 1.58. The van der Waals surface area contributed by atoms with Crippen LogP contribution in [-0.2, 0) is 11.3 Å². The molecule has 1 saturated heterocycles. The molecule has 0 spiro atoms. The average molecular weight is 182 g/mol. The molecule has 1 aromatic heterocycles. The molecule has 1 unspecified atom stereocenters. The van der Waals surface area contributed by atoms with E-state index in [1.54, 1.807) is 11.0 Å². The normalized spacial score (nSPS) is 23.2. The van der Waals surface area contributed by atoms with Crippen LogP contribution in [0.2, 0.25) is 0 Å². The largest absolute Gasteiger partial charge is 0.381 e. The van der Waals surface area contributed by atoms with Crippen molar-refractivity contribution in [1.82, 2.24) is 15.0 Å². The molecular weight excluding hydrogens is 168 g/mol. The van der Waals surface area contributed by atoms with Gasteiger partial charge < -0.3 is 10.5 Å². The van der Waals surface area contributed by atoms with Crippen molar-refractivity contribution in [3.8, 4) is 0 Å². The maximum Gasteiger partial charge on any atom is 0.165 e. The second-order valence-corrected chi connectivity index (χ2v) is 3.41. The number of hydrogen-bond donors (Lipinski definition) is 1. The van der Waals surface area contributed by atoms with Gasteiger partial charge in [0, 0.05) is 12.5 Å². The molecule has 0 bridgehead atoms. The smallest absolute Gasteiger partial charge is 0.165 e. The van der Waals surface area contributed by atoms with Gasteiger partial charge in [0.15, 0.2) is 5.82 Å². The van der Waals surface area contributed by atoms with Crippen molar-refractivity contribution in [2.75, 3.05) is 18.9 Å². The van der Waals surface area contributed by atoms with E-state index in [2.05, 4.69) is 10.2 Å². The quantitative estimate of drug-likeness (QED) is 0.713. The van der Waals surface area contributed by atoms with Crippen LogP contribution in [0.25, 0.3) is 0 Å². The van der Waals surface area contributed by atoms with Gasteiger partial charge in [0.25, 0.3) is 0 Å². The minimum Gasteiger partial charge on any atom is -0.381 e. The van der Waals surface area contributed by atoms with E-state index in [4.69, 9.17) is 10.5 Å². The molecule has 0 amide bonds. The molecule has 1 aliphatic rings. The second kappa shape index (κ2) is 3.74. The van der Waals surface area contributed by atoms with Crippen LogP contribution < -0.4 is 5.73 Å². The standard InChI is InChI=1S/C8H14N4O/c9-8-4-10-12(11-8)5-7-2-1-3-13-6-7/h4,7H,1-3,5-6H2,(H2,9,11). The Balaban J connectivity index is 1.89. The highest BCUT2D eigenvalue weighted by atomic mass is 16.5. The predicted molar refractivity (Wildman–Crippen MR) is 48.0 cm³/mol. The molecule has 0 aliphatic carbocycles. The summed E-state index contributed by atoms with van der Waals surface area (Å²) in [6.45, 7) is 2.53. The van der Waals surface area contributed by atoms with Gasteiger partial charge in [-0.15, -0.1) is 5.10 Å². The summed E-state index contributed by atoms with van der Waals surface area (Å²) >= 11 is 0. The summed E-state index contributed by atoms with van der Waals surface area (Å²) in [5, 5.41) is 8.07. The minimum atomic E-state index is 0.483. The summed E-state index contributed by atoms with van der Waals surface area (Å²) in [6.07, 6.45) is 3.91. The van der Waals surface area contributed by atoms with Crippen LogP contribution in [0.1, 0.15) is 12.8 Å². The SMILES string of the molecule is Nc1cnn(CC2CCCOC2)n1. The lowest BCUT2D eigenvalue weighted by Crippen LogP contribution is -2.23. The summed E-state index contributed by atoms with van der Waals surface area (Å²) < 4.78 is 5.36. The third-order valence-electron chi connectivity index (χ3n) is 2.23. The summed E-state index contributed by atoms with van der Waals surface area (Å²) in [7, 11) is 0. The van der Waals surface area contributed by atoms with Gasteiger partial charge in [-0.3, -0.25) is 0 Å². The van der Waals surface area contributed by atoms with Crippen molar-refractivity contribution in [2.45, 2.75) is 19.4 Å². The lowest BCUT2D eigenvalue weighted by Gasteiger charge is -2.20. The number of ether oxygens (including phenoxy) is 1. The van der Waals surface area contributed by atoms with Crippen molar-refractivity contribution in [3.05, 3.63) is 6.20 Å². The Hall–Kier alpha value is -1.10. The summed E-state index contributed by atoms with van der Waals surface area (Å²) in [5.74, 6) is 1.03. The Morgan fingerprint density at radius 2 is 2.62 bits per heavy atom. The fourth-order valence-corrected chi connectivity index (χ4v) is 1.58. The van der Waals surface area contributed by atoms with Crippen LogP contribution in [0, 0.1) is 5.92 Å². The Morgan fingerprint density at radius 3 is 3.23 bits per heavy atom. The van der Waals surface area contributed by atoms with Crippen LogP contribution in [0.4, 0.5) is 5.82 Å². The molecule has 1 fully saturated rings. The first-order valence-corrected chi connectivity index (χ1v) is 4.58. The van der Waals surface area contributed by atoms with Gasteiger partial charge >= 0.3 is 0 Å². The van der Waals surface area contributed by atoms with E-state index >= 15 is 0 Å². The molecule has 1 aliphatic heterocycles. The topological polar surface area (TPSA) is 66.0 Å².